The summed E-state index contributed by atoms with van der Waals surface area (Å²) in [6, 6.07) is 0. The third kappa shape index (κ3) is 2.71. The van der Waals surface area contributed by atoms with E-state index in [2.05, 4.69) is 16.1 Å². The van der Waals surface area contributed by atoms with E-state index in [0.717, 1.165) is 6.92 Å². The number of hydrogen-bond donors (Lipinski definition) is 1. The lowest BCUT2D eigenvalue weighted by Gasteiger charge is -2.30. The van der Waals surface area contributed by atoms with Crippen molar-refractivity contribution in [1.29, 1.82) is 0 Å². The number of aliphatic hydroxyl groups is 1. The van der Waals surface area contributed by atoms with Crippen LogP contribution < -0.4 is 0 Å². The van der Waals surface area contributed by atoms with Gasteiger partial charge in [0.05, 0.1) is 0 Å². The van der Waals surface area contributed by atoms with Crippen molar-refractivity contribution >= 4 is 5.97 Å². The van der Waals surface area contributed by atoms with Crippen LogP contribution in [0.25, 0.3) is 0 Å². The van der Waals surface area contributed by atoms with Gasteiger partial charge in [-0.15, -0.1) is 0 Å². The average Bonchev–Trinajstić information content (AvgIpc) is 2.39. The van der Waals surface area contributed by atoms with Crippen LogP contribution in [0.5, 0.6) is 0 Å². The predicted octanol–water partition coefficient (Wildman–Crippen LogP) is 2.23. The van der Waals surface area contributed by atoms with E-state index in [1.807, 2.05) is 0 Å². The summed E-state index contributed by atoms with van der Waals surface area (Å²) in [6.45, 7) is 2.29. The Morgan fingerprint density at radius 1 is 1.33 bits per heavy atom. The highest BCUT2D eigenvalue weighted by Gasteiger charge is 2.85. The minimum Gasteiger partial charge on any atom is -0.461 e. The lowest BCUT2D eigenvalue weighted by molar-refractivity contribution is -0.433. The minimum atomic E-state index is -6.19. The highest BCUT2D eigenvalue weighted by Crippen LogP contribution is 2.58. The zero-order valence-electron chi connectivity index (χ0n) is 10.3. The summed E-state index contributed by atoms with van der Waals surface area (Å²) in [7, 11) is 0. The maximum absolute atomic E-state index is 13.5. The number of carbonyl (C=O) groups is 1. The van der Waals surface area contributed by atoms with Gasteiger partial charge in [-0.2, -0.15) is 30.7 Å². The van der Waals surface area contributed by atoms with Gasteiger partial charge < -0.3 is 9.84 Å². The average molecular weight is 326 g/mol. The molecule has 0 aliphatic carbocycles. The number of rotatable bonds is 3. The van der Waals surface area contributed by atoms with Gasteiger partial charge in [-0.05, 0) is 6.92 Å². The summed E-state index contributed by atoms with van der Waals surface area (Å²) >= 11 is 0. The van der Waals surface area contributed by atoms with Gasteiger partial charge in [0, 0.05) is 5.57 Å². The van der Waals surface area contributed by atoms with Crippen LogP contribution in [0.4, 0.5) is 30.7 Å². The van der Waals surface area contributed by atoms with Crippen molar-refractivity contribution in [3.63, 3.8) is 0 Å². The molecule has 0 spiro atoms. The molecular formula is C10H9F7O4. The van der Waals surface area contributed by atoms with E-state index in [0.29, 0.717) is 0 Å². The Kier molecular flexibility index (Phi) is 4.07. The van der Waals surface area contributed by atoms with Crippen LogP contribution in [-0.4, -0.2) is 41.7 Å². The molecule has 0 saturated carbocycles. The first-order chi connectivity index (χ1) is 9.17. The van der Waals surface area contributed by atoms with Crippen molar-refractivity contribution in [2.24, 2.45) is 5.92 Å². The summed E-state index contributed by atoms with van der Waals surface area (Å²) in [5, 5.41) is 8.80. The van der Waals surface area contributed by atoms with Crippen molar-refractivity contribution in [3.8, 4) is 0 Å². The fourth-order valence-corrected chi connectivity index (χ4v) is 1.51. The molecule has 1 rings (SSSR count). The molecule has 2 unspecified atom stereocenters. The number of esters is 1. The second-order valence-electron chi connectivity index (χ2n) is 4.36. The van der Waals surface area contributed by atoms with E-state index >= 15 is 0 Å². The molecule has 21 heavy (non-hydrogen) atoms. The van der Waals surface area contributed by atoms with Crippen molar-refractivity contribution in [2.75, 3.05) is 6.61 Å². The van der Waals surface area contributed by atoms with Crippen LogP contribution in [0, 0.1) is 5.92 Å². The van der Waals surface area contributed by atoms with Crippen LogP contribution in [0.1, 0.15) is 6.92 Å². The zero-order valence-corrected chi connectivity index (χ0v) is 10.3. The molecule has 2 atom stereocenters. The van der Waals surface area contributed by atoms with Crippen molar-refractivity contribution in [3.05, 3.63) is 12.2 Å². The second-order valence-corrected chi connectivity index (χ2v) is 4.36. The van der Waals surface area contributed by atoms with Gasteiger partial charge >= 0.3 is 30.0 Å². The van der Waals surface area contributed by atoms with Crippen LogP contribution >= 0.6 is 0 Å². The largest absolute Gasteiger partial charge is 0.461 e. The normalized spacial score (nSPS) is 31.0. The molecule has 1 heterocycles. The fourth-order valence-electron chi connectivity index (χ4n) is 1.51. The first-order valence-electron chi connectivity index (χ1n) is 5.24. The molecule has 1 saturated heterocycles. The van der Waals surface area contributed by atoms with Gasteiger partial charge in [0.2, 0.25) is 0 Å². The molecule has 0 bridgehead atoms. The van der Waals surface area contributed by atoms with E-state index in [9.17, 15) is 35.5 Å². The fraction of sp³-hybridized carbons (Fsp3) is 0.700. The highest BCUT2D eigenvalue weighted by molar-refractivity contribution is 5.86. The Morgan fingerprint density at radius 2 is 1.81 bits per heavy atom. The summed E-state index contributed by atoms with van der Waals surface area (Å²) in [5.74, 6) is -15.7. The lowest BCUT2D eigenvalue weighted by atomic mass is 9.97. The summed E-state index contributed by atoms with van der Waals surface area (Å²) in [4.78, 5) is 10.9. The molecule has 1 N–H and O–H groups in total. The number of ether oxygens (including phenoxy) is 2. The van der Waals surface area contributed by atoms with Crippen LogP contribution in [0.2, 0.25) is 0 Å². The number of halogens is 7. The third-order valence-corrected chi connectivity index (χ3v) is 2.69. The maximum Gasteiger partial charge on any atom is 0.449 e. The van der Waals surface area contributed by atoms with E-state index in [4.69, 9.17) is 5.11 Å². The SMILES string of the molecule is C=C(C)C(=O)OCC1C(F)(F)OC(O)(C(F)(F)F)C1(F)F. The Labute approximate surface area is 113 Å². The molecule has 0 aromatic carbocycles. The van der Waals surface area contributed by atoms with Crippen molar-refractivity contribution in [2.45, 2.75) is 30.9 Å². The highest BCUT2D eigenvalue weighted by atomic mass is 19.4. The Bertz CT molecular complexity index is 459. The predicted molar refractivity (Wildman–Crippen MR) is 51.2 cm³/mol. The van der Waals surface area contributed by atoms with Crippen LogP contribution in [0.15, 0.2) is 12.2 Å². The van der Waals surface area contributed by atoms with Gasteiger partial charge in [0.1, 0.15) is 6.61 Å². The lowest BCUT2D eigenvalue weighted by Crippen LogP contribution is -2.58. The second kappa shape index (κ2) is 4.83. The quantitative estimate of drug-likeness (QED) is 0.491. The van der Waals surface area contributed by atoms with Gasteiger partial charge in [-0.1, -0.05) is 6.58 Å². The van der Waals surface area contributed by atoms with Crippen LogP contribution in [-0.2, 0) is 14.3 Å². The standard InChI is InChI=1S/C10H9F7O4/c1-4(2)6(18)20-3-5-7(11,12)9(19,10(15,16)17)21-8(5,13)14/h5,19H,1,3H2,2H3. The molecule has 4 nitrogen and oxygen atoms in total. The van der Waals surface area contributed by atoms with E-state index in [-0.39, 0.29) is 5.57 Å². The van der Waals surface area contributed by atoms with Gasteiger partial charge in [-0.25, -0.2) is 4.79 Å². The molecule has 11 heteroatoms. The van der Waals surface area contributed by atoms with E-state index in [1.165, 1.54) is 0 Å². The summed E-state index contributed by atoms with van der Waals surface area (Å²) in [6.07, 6.45) is -11.3. The smallest absolute Gasteiger partial charge is 0.449 e. The first-order valence-corrected chi connectivity index (χ1v) is 5.24. The first kappa shape index (κ1) is 17.7. The molecule has 1 fully saturated rings. The van der Waals surface area contributed by atoms with Crippen LogP contribution in [0.3, 0.4) is 0 Å². The third-order valence-electron chi connectivity index (χ3n) is 2.69. The molecule has 0 radical (unpaired) electrons. The monoisotopic (exact) mass is 326 g/mol. The molecule has 1 aliphatic rings. The Morgan fingerprint density at radius 3 is 2.14 bits per heavy atom. The molecule has 1 aliphatic heterocycles. The van der Waals surface area contributed by atoms with Gasteiger partial charge in [0.15, 0.2) is 5.92 Å². The maximum atomic E-state index is 13.5. The van der Waals surface area contributed by atoms with E-state index < -0.39 is 42.5 Å². The molecule has 0 amide bonds. The van der Waals surface area contributed by atoms with Crippen molar-refractivity contribution < 1.29 is 50.1 Å². The number of carbonyl (C=O) groups excluding carboxylic acids is 1. The van der Waals surface area contributed by atoms with Gasteiger partial charge in [0.25, 0.3) is 0 Å². The molecular weight excluding hydrogens is 317 g/mol. The minimum absolute atomic E-state index is 0.341. The molecule has 0 aromatic rings. The van der Waals surface area contributed by atoms with Gasteiger partial charge in [-0.3, -0.25) is 4.74 Å². The summed E-state index contributed by atoms with van der Waals surface area (Å²) < 4.78 is 97.4. The Balaban J connectivity index is 3.09. The summed E-state index contributed by atoms with van der Waals surface area (Å²) in [5.41, 5.74) is -0.341. The Hall–Kier alpha value is -1.36. The molecule has 0 aromatic heterocycles. The molecule has 122 valence electrons. The zero-order chi connectivity index (χ0) is 16.9. The number of hydrogen-bond acceptors (Lipinski definition) is 4. The van der Waals surface area contributed by atoms with Crippen molar-refractivity contribution in [1.82, 2.24) is 0 Å². The topological polar surface area (TPSA) is 55.8 Å². The van der Waals surface area contributed by atoms with E-state index in [1.54, 1.807) is 0 Å². The number of alkyl halides is 7.